The molecule has 286 valence electrons. The maximum atomic E-state index is 14.7. The predicted octanol–water partition coefficient (Wildman–Crippen LogP) is 6.12. The van der Waals surface area contributed by atoms with E-state index in [1.54, 1.807) is 68.8 Å². The molecule has 11 nitrogen and oxygen atoms in total. The number of carbonyl (C=O) groups excluding carboxylic acids is 1. The van der Waals surface area contributed by atoms with Crippen LogP contribution in [0.5, 0.6) is 17.2 Å². The molecule has 0 aliphatic carbocycles. The summed E-state index contributed by atoms with van der Waals surface area (Å²) in [5.74, 6) is 1.21. The molecule has 0 radical (unpaired) electrons. The molecule has 0 fully saturated rings. The molecule has 5 aromatic carbocycles. The summed E-state index contributed by atoms with van der Waals surface area (Å²) in [5, 5.41) is 9.14. The summed E-state index contributed by atoms with van der Waals surface area (Å²) in [6, 6.07) is 38.3. The fourth-order valence-corrected chi connectivity index (χ4v) is 7.80. The van der Waals surface area contributed by atoms with Crippen LogP contribution in [0.25, 0.3) is 11.1 Å². The van der Waals surface area contributed by atoms with E-state index in [4.69, 9.17) is 29.0 Å². The Kier molecular flexibility index (Phi) is 12.8. The lowest BCUT2D eigenvalue weighted by atomic mass is 9.84. The van der Waals surface area contributed by atoms with Crippen molar-refractivity contribution in [1.29, 1.82) is 0 Å². The minimum Gasteiger partial charge on any atom is -0.497 e. The van der Waals surface area contributed by atoms with Crippen LogP contribution in [0.15, 0.2) is 137 Å². The van der Waals surface area contributed by atoms with Crippen LogP contribution in [0.4, 0.5) is 0 Å². The lowest BCUT2D eigenvalue weighted by molar-refractivity contribution is -0.130. The molecule has 55 heavy (non-hydrogen) atoms. The van der Waals surface area contributed by atoms with E-state index >= 15 is 0 Å². The van der Waals surface area contributed by atoms with Gasteiger partial charge in [-0.25, -0.2) is 18.8 Å². The van der Waals surface area contributed by atoms with Gasteiger partial charge in [-0.05, 0) is 83.3 Å². The van der Waals surface area contributed by atoms with Crippen LogP contribution in [0.3, 0.4) is 0 Å². The maximum absolute atomic E-state index is 14.7. The summed E-state index contributed by atoms with van der Waals surface area (Å²) >= 11 is 0. The molecular weight excluding hydrogens is 719 g/mol. The number of amides is 1. The standard InChI is InChI=1S/C43H45N3O8S/c1-51-37-22-23-39(52-2)35(30-37)24-26-44-46-42(48)43(25-29-55(49,50)38-12-7-4-8-13-38)40(33-16-14-32(15-17-33)31-10-5-3-6-11-31)54-41(45-43)34-18-20-36(21-19-34)53-28-9-27-47/h3-8,10-23,30,40,44,47H,9,24-29H2,1-2H3,(H,46,48)/t40-,43-/m0/s1. The Bertz CT molecular complexity index is 2160. The summed E-state index contributed by atoms with van der Waals surface area (Å²) in [4.78, 5) is 19.8. The number of ether oxygens (including phenoxy) is 4. The fraction of sp³-hybridized carbons (Fsp3) is 0.256. The molecule has 6 rings (SSSR count). The average molecular weight is 764 g/mol. The Morgan fingerprint density at radius 3 is 2.15 bits per heavy atom. The van der Waals surface area contributed by atoms with E-state index < -0.39 is 27.4 Å². The molecule has 0 bridgehead atoms. The molecule has 12 heteroatoms. The van der Waals surface area contributed by atoms with Crippen LogP contribution in [0.2, 0.25) is 0 Å². The number of aliphatic hydroxyl groups is 1. The highest BCUT2D eigenvalue weighted by Gasteiger charge is 2.53. The third kappa shape index (κ3) is 9.34. The molecule has 1 heterocycles. The van der Waals surface area contributed by atoms with Crippen LogP contribution in [0, 0.1) is 0 Å². The van der Waals surface area contributed by atoms with Crippen molar-refractivity contribution in [2.75, 3.05) is 39.7 Å². The first kappa shape index (κ1) is 39.0. The third-order valence-corrected chi connectivity index (χ3v) is 11.1. The quantitative estimate of drug-likeness (QED) is 0.0711. The number of rotatable bonds is 18. The topological polar surface area (TPSA) is 145 Å². The monoisotopic (exact) mass is 763 g/mol. The summed E-state index contributed by atoms with van der Waals surface area (Å²) < 4.78 is 50.7. The van der Waals surface area contributed by atoms with Gasteiger partial charge in [0.25, 0.3) is 5.91 Å². The Morgan fingerprint density at radius 2 is 1.47 bits per heavy atom. The zero-order chi connectivity index (χ0) is 38.7. The van der Waals surface area contributed by atoms with E-state index in [1.165, 1.54) is 0 Å². The van der Waals surface area contributed by atoms with Crippen molar-refractivity contribution in [3.8, 4) is 28.4 Å². The van der Waals surface area contributed by atoms with E-state index in [0.29, 0.717) is 54.4 Å². The van der Waals surface area contributed by atoms with Gasteiger partial charge in [0.15, 0.2) is 21.5 Å². The molecule has 1 amide bonds. The Hall–Kier alpha value is -5.69. The van der Waals surface area contributed by atoms with E-state index in [2.05, 4.69) is 10.9 Å². The lowest BCUT2D eigenvalue weighted by Crippen LogP contribution is -2.53. The van der Waals surface area contributed by atoms with Crippen molar-refractivity contribution in [1.82, 2.24) is 10.9 Å². The van der Waals surface area contributed by atoms with Crippen LogP contribution >= 0.6 is 0 Å². The van der Waals surface area contributed by atoms with Crippen LogP contribution in [0.1, 0.15) is 35.6 Å². The zero-order valence-electron chi connectivity index (χ0n) is 30.8. The number of hydrogen-bond acceptors (Lipinski definition) is 10. The number of sulfone groups is 1. The van der Waals surface area contributed by atoms with Crippen LogP contribution in [-0.4, -0.2) is 70.6 Å². The van der Waals surface area contributed by atoms with Gasteiger partial charge >= 0.3 is 0 Å². The average Bonchev–Trinajstić information content (AvgIpc) is 3.63. The first-order chi connectivity index (χ1) is 26.8. The van der Waals surface area contributed by atoms with Gasteiger partial charge in [-0.2, -0.15) is 0 Å². The van der Waals surface area contributed by atoms with Crippen LogP contribution in [-0.2, 0) is 25.8 Å². The Balaban J connectivity index is 1.35. The van der Waals surface area contributed by atoms with Crippen molar-refractivity contribution in [3.05, 3.63) is 144 Å². The largest absolute Gasteiger partial charge is 0.497 e. The van der Waals surface area contributed by atoms with E-state index in [9.17, 15) is 13.2 Å². The van der Waals surface area contributed by atoms with E-state index in [0.717, 1.165) is 16.7 Å². The predicted molar refractivity (Wildman–Crippen MR) is 211 cm³/mol. The molecule has 1 aliphatic heterocycles. The highest BCUT2D eigenvalue weighted by Crippen LogP contribution is 2.43. The van der Waals surface area contributed by atoms with Gasteiger partial charge in [0.2, 0.25) is 5.90 Å². The second-order valence-corrected chi connectivity index (χ2v) is 15.1. The number of benzene rings is 5. The van der Waals surface area contributed by atoms with Crippen LogP contribution < -0.4 is 25.1 Å². The Morgan fingerprint density at radius 1 is 0.818 bits per heavy atom. The number of aliphatic imine (C=N–C) groups is 1. The number of hydrazine groups is 1. The Labute approximate surface area is 321 Å². The fourth-order valence-electron chi connectivity index (χ4n) is 6.41. The van der Waals surface area contributed by atoms with Crippen molar-refractivity contribution < 1.29 is 37.3 Å². The zero-order valence-corrected chi connectivity index (χ0v) is 31.6. The normalized spacial score (nSPS) is 16.5. The number of carbonyl (C=O) groups is 1. The second kappa shape index (κ2) is 18.1. The minimum absolute atomic E-state index is 0.0185. The lowest BCUT2D eigenvalue weighted by Gasteiger charge is -2.30. The van der Waals surface area contributed by atoms with Crippen molar-refractivity contribution in [2.45, 2.75) is 35.8 Å². The van der Waals surface area contributed by atoms with Gasteiger partial charge in [0.05, 0.1) is 31.5 Å². The molecule has 0 saturated carbocycles. The number of hydrogen-bond donors (Lipinski definition) is 3. The smallest absolute Gasteiger partial charge is 0.266 e. The SMILES string of the molecule is COc1ccc(OC)c(CCNNC(=O)[C@@]2(CCS(=O)(=O)c3ccccc3)N=C(c3ccc(OCCCO)cc3)O[C@H]2c2ccc(-c3ccccc3)cc2)c1. The molecule has 0 aromatic heterocycles. The summed E-state index contributed by atoms with van der Waals surface area (Å²) in [7, 11) is -0.646. The molecular formula is C43H45N3O8S. The van der Waals surface area contributed by atoms with Crippen molar-refractivity contribution >= 4 is 21.6 Å². The molecule has 3 N–H and O–H groups in total. The molecule has 2 atom stereocenters. The van der Waals surface area contributed by atoms with Gasteiger partial charge in [0, 0.05) is 31.6 Å². The summed E-state index contributed by atoms with van der Waals surface area (Å²) in [6.07, 6.45) is -0.192. The molecule has 0 saturated heterocycles. The molecule has 1 aliphatic rings. The van der Waals surface area contributed by atoms with Gasteiger partial charge in [0.1, 0.15) is 17.2 Å². The van der Waals surface area contributed by atoms with E-state index in [1.807, 2.05) is 72.8 Å². The highest BCUT2D eigenvalue weighted by atomic mass is 32.2. The van der Waals surface area contributed by atoms with Crippen molar-refractivity contribution in [2.24, 2.45) is 4.99 Å². The number of aliphatic hydroxyl groups excluding tert-OH is 1. The molecule has 0 spiro atoms. The van der Waals surface area contributed by atoms with E-state index in [-0.39, 0.29) is 29.6 Å². The van der Waals surface area contributed by atoms with Crippen molar-refractivity contribution in [3.63, 3.8) is 0 Å². The highest BCUT2D eigenvalue weighted by molar-refractivity contribution is 7.91. The first-order valence-corrected chi connectivity index (χ1v) is 19.7. The van der Waals surface area contributed by atoms with Gasteiger partial charge in [-0.3, -0.25) is 10.2 Å². The first-order valence-electron chi connectivity index (χ1n) is 18.0. The third-order valence-electron chi connectivity index (χ3n) is 9.41. The van der Waals surface area contributed by atoms with Gasteiger partial charge < -0.3 is 24.1 Å². The summed E-state index contributed by atoms with van der Waals surface area (Å²) in [5.41, 5.74) is 8.27. The number of methoxy groups -OCH3 is 2. The molecule has 5 aromatic rings. The summed E-state index contributed by atoms with van der Waals surface area (Å²) in [6.45, 7) is 0.690. The van der Waals surface area contributed by atoms with Gasteiger partial charge in [-0.15, -0.1) is 0 Å². The minimum atomic E-state index is -3.83. The van der Waals surface area contributed by atoms with Gasteiger partial charge in [-0.1, -0.05) is 72.8 Å². The maximum Gasteiger partial charge on any atom is 0.266 e. The number of nitrogens with zero attached hydrogens (tertiary/aromatic N) is 1. The molecule has 0 unspecified atom stereocenters. The number of nitrogens with one attached hydrogen (secondary N) is 2. The second-order valence-electron chi connectivity index (χ2n) is 13.0.